The van der Waals surface area contributed by atoms with Crippen molar-refractivity contribution in [3.05, 3.63) is 48.6 Å². The van der Waals surface area contributed by atoms with E-state index in [9.17, 15) is 5.11 Å². The highest BCUT2D eigenvalue weighted by molar-refractivity contribution is 5.13. The van der Waals surface area contributed by atoms with Crippen LogP contribution in [0.4, 0.5) is 0 Å². The van der Waals surface area contributed by atoms with Crippen molar-refractivity contribution in [2.75, 3.05) is 0 Å². The highest BCUT2D eigenvalue weighted by Crippen LogP contribution is 2.30. The van der Waals surface area contributed by atoms with Crippen molar-refractivity contribution >= 4 is 0 Å². The van der Waals surface area contributed by atoms with Gasteiger partial charge < -0.3 is 9.84 Å². The fourth-order valence-corrected chi connectivity index (χ4v) is 3.10. The molecule has 1 aromatic carbocycles. The molecule has 20 heavy (non-hydrogen) atoms. The number of ether oxygens (including phenoxy) is 1. The SMILES string of the molecule is C=CC[C@@H](O)[C@H](OCc1ccccc1)C1CCCCC1. The van der Waals surface area contributed by atoms with E-state index in [1.54, 1.807) is 6.08 Å². The summed E-state index contributed by atoms with van der Waals surface area (Å²) in [5.41, 5.74) is 1.17. The van der Waals surface area contributed by atoms with E-state index >= 15 is 0 Å². The van der Waals surface area contributed by atoms with Gasteiger partial charge in [-0.2, -0.15) is 0 Å². The fourth-order valence-electron chi connectivity index (χ4n) is 3.10. The van der Waals surface area contributed by atoms with Crippen molar-refractivity contribution in [1.82, 2.24) is 0 Å². The Bertz CT molecular complexity index is 382. The highest BCUT2D eigenvalue weighted by Gasteiger charge is 2.29. The molecule has 2 nitrogen and oxygen atoms in total. The largest absolute Gasteiger partial charge is 0.390 e. The van der Waals surface area contributed by atoms with Crippen molar-refractivity contribution in [3.63, 3.8) is 0 Å². The monoisotopic (exact) mass is 274 g/mol. The summed E-state index contributed by atoms with van der Waals surface area (Å²) in [5, 5.41) is 10.3. The molecule has 0 amide bonds. The van der Waals surface area contributed by atoms with Gasteiger partial charge in [0.1, 0.15) is 0 Å². The van der Waals surface area contributed by atoms with Gasteiger partial charge >= 0.3 is 0 Å². The summed E-state index contributed by atoms with van der Waals surface area (Å²) in [6.07, 6.45) is 8.09. The second-order valence-corrected chi connectivity index (χ2v) is 5.75. The Balaban J connectivity index is 1.96. The molecule has 0 unspecified atom stereocenters. The third-order valence-electron chi connectivity index (χ3n) is 4.19. The first-order valence-electron chi connectivity index (χ1n) is 7.75. The van der Waals surface area contributed by atoms with E-state index in [4.69, 9.17) is 4.74 Å². The molecule has 0 saturated heterocycles. The molecule has 1 N–H and O–H groups in total. The average molecular weight is 274 g/mol. The predicted molar refractivity (Wildman–Crippen MR) is 82.4 cm³/mol. The Kier molecular flexibility index (Phi) is 6.28. The summed E-state index contributed by atoms with van der Waals surface area (Å²) >= 11 is 0. The minimum absolute atomic E-state index is 0.0616. The summed E-state index contributed by atoms with van der Waals surface area (Å²) in [6, 6.07) is 10.2. The third-order valence-corrected chi connectivity index (χ3v) is 4.19. The maximum Gasteiger partial charge on any atom is 0.0869 e. The molecule has 0 aliphatic heterocycles. The van der Waals surface area contributed by atoms with E-state index in [0.717, 1.165) is 0 Å². The maximum absolute atomic E-state index is 10.3. The smallest absolute Gasteiger partial charge is 0.0869 e. The molecule has 1 aromatic rings. The van der Waals surface area contributed by atoms with Crippen molar-refractivity contribution in [3.8, 4) is 0 Å². The summed E-state index contributed by atoms with van der Waals surface area (Å²) in [6.45, 7) is 4.31. The lowest BCUT2D eigenvalue weighted by molar-refractivity contribution is -0.0824. The number of aliphatic hydroxyl groups is 1. The van der Waals surface area contributed by atoms with Crippen molar-refractivity contribution in [1.29, 1.82) is 0 Å². The van der Waals surface area contributed by atoms with Crippen LogP contribution in [0.2, 0.25) is 0 Å². The van der Waals surface area contributed by atoms with E-state index < -0.39 is 6.10 Å². The van der Waals surface area contributed by atoms with Gasteiger partial charge in [-0.05, 0) is 30.7 Å². The van der Waals surface area contributed by atoms with Crippen molar-refractivity contribution < 1.29 is 9.84 Å². The maximum atomic E-state index is 10.3. The first kappa shape index (κ1) is 15.3. The molecule has 2 rings (SSSR count). The quantitative estimate of drug-likeness (QED) is 0.759. The lowest BCUT2D eigenvalue weighted by atomic mass is 9.82. The lowest BCUT2D eigenvalue weighted by Crippen LogP contribution is -2.37. The van der Waals surface area contributed by atoms with E-state index in [2.05, 4.69) is 18.7 Å². The van der Waals surface area contributed by atoms with Gasteiger partial charge in [0.2, 0.25) is 0 Å². The third kappa shape index (κ3) is 4.46. The molecular formula is C18H26O2. The number of aliphatic hydroxyl groups excluding tert-OH is 1. The first-order valence-corrected chi connectivity index (χ1v) is 7.75. The molecular weight excluding hydrogens is 248 g/mol. The second kappa shape index (κ2) is 8.23. The van der Waals surface area contributed by atoms with Crippen LogP contribution in [-0.4, -0.2) is 17.3 Å². The van der Waals surface area contributed by atoms with Crippen LogP contribution in [0, 0.1) is 5.92 Å². The lowest BCUT2D eigenvalue weighted by Gasteiger charge is -2.33. The molecule has 110 valence electrons. The van der Waals surface area contributed by atoms with Crippen LogP contribution in [0.1, 0.15) is 44.1 Å². The Hall–Kier alpha value is -1.12. The number of hydrogen-bond donors (Lipinski definition) is 1. The second-order valence-electron chi connectivity index (χ2n) is 5.75. The van der Waals surface area contributed by atoms with Crippen LogP contribution in [0.5, 0.6) is 0 Å². The van der Waals surface area contributed by atoms with Crippen LogP contribution in [0.15, 0.2) is 43.0 Å². The van der Waals surface area contributed by atoms with Crippen molar-refractivity contribution in [2.45, 2.75) is 57.3 Å². The molecule has 1 aliphatic carbocycles. The van der Waals surface area contributed by atoms with E-state index in [1.165, 1.54) is 37.7 Å². The molecule has 2 atom stereocenters. The van der Waals surface area contributed by atoms with Crippen LogP contribution >= 0.6 is 0 Å². The molecule has 0 heterocycles. The zero-order chi connectivity index (χ0) is 14.2. The summed E-state index contributed by atoms with van der Waals surface area (Å²) in [4.78, 5) is 0. The van der Waals surface area contributed by atoms with E-state index in [0.29, 0.717) is 18.9 Å². The van der Waals surface area contributed by atoms with Gasteiger partial charge in [0.25, 0.3) is 0 Å². The molecule has 0 spiro atoms. The average Bonchev–Trinajstić information content (AvgIpc) is 2.50. The zero-order valence-corrected chi connectivity index (χ0v) is 12.2. The molecule has 0 radical (unpaired) electrons. The standard InChI is InChI=1S/C18H26O2/c1-2-9-17(19)18(16-12-7-4-8-13-16)20-14-15-10-5-3-6-11-15/h2-3,5-6,10-11,16-19H,1,4,7-9,12-14H2/t17-,18-/m1/s1. The first-order chi connectivity index (χ1) is 9.81. The molecule has 1 saturated carbocycles. The van der Waals surface area contributed by atoms with Crippen LogP contribution in [0.25, 0.3) is 0 Å². The summed E-state index contributed by atoms with van der Waals surface area (Å²) in [7, 11) is 0. The van der Waals surface area contributed by atoms with Crippen LogP contribution in [0.3, 0.4) is 0 Å². The zero-order valence-electron chi connectivity index (χ0n) is 12.2. The molecule has 0 bridgehead atoms. The highest BCUT2D eigenvalue weighted by atomic mass is 16.5. The normalized spacial score (nSPS) is 19.4. The van der Waals surface area contributed by atoms with Gasteiger partial charge in [0.05, 0.1) is 18.8 Å². The van der Waals surface area contributed by atoms with E-state index in [-0.39, 0.29) is 6.10 Å². The Morgan fingerprint density at radius 1 is 1.20 bits per heavy atom. The minimum atomic E-state index is -0.431. The number of benzene rings is 1. The Labute approximate surface area is 122 Å². The fraction of sp³-hybridized carbons (Fsp3) is 0.556. The topological polar surface area (TPSA) is 29.5 Å². The van der Waals surface area contributed by atoms with Crippen LogP contribution < -0.4 is 0 Å². The van der Waals surface area contributed by atoms with Gasteiger partial charge in [-0.15, -0.1) is 6.58 Å². The van der Waals surface area contributed by atoms with E-state index in [1.807, 2.05) is 18.2 Å². The summed E-state index contributed by atoms with van der Waals surface area (Å²) < 4.78 is 6.08. The predicted octanol–water partition coefficient (Wildman–Crippen LogP) is 4.09. The van der Waals surface area contributed by atoms with Crippen molar-refractivity contribution in [2.24, 2.45) is 5.92 Å². The van der Waals surface area contributed by atoms with Gasteiger partial charge in [0, 0.05) is 0 Å². The molecule has 1 aliphatic rings. The summed E-state index contributed by atoms with van der Waals surface area (Å²) in [5.74, 6) is 0.488. The van der Waals surface area contributed by atoms with Gasteiger partial charge in [0.15, 0.2) is 0 Å². The molecule has 1 fully saturated rings. The molecule has 0 aromatic heterocycles. The minimum Gasteiger partial charge on any atom is -0.390 e. The van der Waals surface area contributed by atoms with Crippen LogP contribution in [-0.2, 0) is 11.3 Å². The number of rotatable bonds is 7. The number of hydrogen-bond acceptors (Lipinski definition) is 2. The Morgan fingerprint density at radius 3 is 2.55 bits per heavy atom. The Morgan fingerprint density at radius 2 is 1.90 bits per heavy atom. The van der Waals surface area contributed by atoms with Gasteiger partial charge in [-0.25, -0.2) is 0 Å². The van der Waals surface area contributed by atoms with Gasteiger partial charge in [-0.1, -0.05) is 55.7 Å². The molecule has 2 heteroatoms. The van der Waals surface area contributed by atoms with Gasteiger partial charge in [-0.3, -0.25) is 0 Å².